The third kappa shape index (κ3) is 2.90. The molecule has 2 N–H and O–H groups in total. The fourth-order valence-corrected chi connectivity index (χ4v) is 2.86. The van der Waals surface area contributed by atoms with Gasteiger partial charge in [0.25, 0.3) is 0 Å². The van der Waals surface area contributed by atoms with Crippen LogP contribution in [-0.4, -0.2) is 38.3 Å². The number of carboxylic acids is 1. The molecule has 0 fully saturated rings. The zero-order chi connectivity index (χ0) is 16.6. The van der Waals surface area contributed by atoms with Crippen LogP contribution in [0.5, 0.6) is 0 Å². The number of rotatable bonds is 2. The first-order chi connectivity index (χ1) is 11.0. The summed E-state index contributed by atoms with van der Waals surface area (Å²) in [7, 11) is 1.73. The summed E-state index contributed by atoms with van der Waals surface area (Å²) in [5.74, 6) is -1.07. The van der Waals surface area contributed by atoms with Crippen molar-refractivity contribution in [1.29, 1.82) is 0 Å². The summed E-state index contributed by atoms with van der Waals surface area (Å²) in [4.78, 5) is 25.3. The van der Waals surface area contributed by atoms with E-state index in [1.165, 1.54) is 0 Å². The maximum atomic E-state index is 12.4. The second kappa shape index (κ2) is 5.75. The van der Waals surface area contributed by atoms with Crippen molar-refractivity contribution in [2.45, 2.75) is 19.9 Å². The number of hydrogen-bond acceptors (Lipinski definition) is 3. The van der Waals surface area contributed by atoms with Gasteiger partial charge in [0.1, 0.15) is 0 Å². The van der Waals surface area contributed by atoms with Crippen LogP contribution in [0.25, 0.3) is 0 Å². The summed E-state index contributed by atoms with van der Waals surface area (Å²) in [6.45, 7) is 2.74. The number of anilines is 1. The molecule has 0 saturated carbocycles. The summed E-state index contributed by atoms with van der Waals surface area (Å²) in [5.41, 5.74) is 3.30. The predicted molar refractivity (Wildman–Crippen MR) is 84.5 cm³/mol. The van der Waals surface area contributed by atoms with Crippen molar-refractivity contribution in [1.82, 2.24) is 14.7 Å². The molecule has 120 valence electrons. The fourth-order valence-electron chi connectivity index (χ4n) is 2.86. The lowest BCUT2D eigenvalue weighted by molar-refractivity contribution is 0.0687. The number of aryl methyl sites for hydroxylation is 2. The Morgan fingerprint density at radius 2 is 2.13 bits per heavy atom. The third-order valence-corrected chi connectivity index (χ3v) is 4.00. The molecule has 23 heavy (non-hydrogen) atoms. The summed E-state index contributed by atoms with van der Waals surface area (Å²) < 4.78 is 1.59. The minimum absolute atomic E-state index is 0.0237. The molecule has 3 rings (SSSR count). The van der Waals surface area contributed by atoms with Crippen LogP contribution in [0.3, 0.4) is 0 Å². The van der Waals surface area contributed by atoms with Crippen LogP contribution in [0, 0.1) is 6.92 Å². The number of nitrogens with one attached hydrogen (secondary N) is 1. The Hall–Kier alpha value is -2.83. The smallest absolute Gasteiger partial charge is 0.356 e. The lowest BCUT2D eigenvalue weighted by Gasteiger charge is -2.27. The normalized spacial score (nSPS) is 13.6. The van der Waals surface area contributed by atoms with Gasteiger partial charge in [0, 0.05) is 37.0 Å². The number of nitrogens with zero attached hydrogens (tertiary/aromatic N) is 3. The van der Waals surface area contributed by atoms with Gasteiger partial charge in [-0.1, -0.05) is 12.1 Å². The second-order valence-electron chi connectivity index (χ2n) is 5.67. The summed E-state index contributed by atoms with van der Waals surface area (Å²) in [5, 5.41) is 16.1. The number of carbonyl (C=O) groups excluding carboxylic acids is 1. The molecule has 1 aliphatic heterocycles. The van der Waals surface area contributed by atoms with E-state index in [2.05, 4.69) is 10.4 Å². The van der Waals surface area contributed by atoms with Gasteiger partial charge in [0.05, 0.1) is 6.54 Å². The molecule has 0 unspecified atom stereocenters. The summed E-state index contributed by atoms with van der Waals surface area (Å²) >= 11 is 0. The van der Waals surface area contributed by atoms with Gasteiger partial charge in [0.2, 0.25) is 0 Å². The van der Waals surface area contributed by atoms with E-state index in [-0.39, 0.29) is 18.3 Å². The summed E-state index contributed by atoms with van der Waals surface area (Å²) in [6.07, 6.45) is 0.591. The van der Waals surface area contributed by atoms with E-state index < -0.39 is 5.97 Å². The van der Waals surface area contributed by atoms with Gasteiger partial charge in [-0.05, 0) is 24.6 Å². The van der Waals surface area contributed by atoms with Crippen LogP contribution in [0.2, 0.25) is 0 Å². The Kier molecular flexibility index (Phi) is 3.77. The molecule has 0 spiro atoms. The average Bonchev–Trinajstić information content (AvgIpc) is 2.84. The van der Waals surface area contributed by atoms with E-state index in [9.17, 15) is 14.7 Å². The highest BCUT2D eigenvalue weighted by atomic mass is 16.4. The molecule has 0 saturated heterocycles. The minimum atomic E-state index is -1.07. The number of amides is 2. The third-order valence-electron chi connectivity index (χ3n) is 4.00. The number of aromatic nitrogens is 2. The van der Waals surface area contributed by atoms with Crippen molar-refractivity contribution in [2.24, 2.45) is 7.05 Å². The lowest BCUT2D eigenvalue weighted by Crippen LogP contribution is -2.39. The number of benzene rings is 1. The van der Waals surface area contributed by atoms with Crippen molar-refractivity contribution < 1.29 is 14.7 Å². The van der Waals surface area contributed by atoms with Crippen LogP contribution >= 0.6 is 0 Å². The van der Waals surface area contributed by atoms with E-state index in [0.717, 1.165) is 16.9 Å². The molecule has 2 aromatic rings. The van der Waals surface area contributed by atoms with Gasteiger partial charge in [-0.25, -0.2) is 9.59 Å². The zero-order valence-electron chi connectivity index (χ0n) is 13.0. The largest absolute Gasteiger partial charge is 0.476 e. The first kappa shape index (κ1) is 15.1. The quantitative estimate of drug-likeness (QED) is 0.887. The van der Waals surface area contributed by atoms with Crippen molar-refractivity contribution in [3.63, 3.8) is 0 Å². The van der Waals surface area contributed by atoms with Crippen LogP contribution in [0.15, 0.2) is 24.3 Å². The van der Waals surface area contributed by atoms with E-state index in [0.29, 0.717) is 18.5 Å². The number of hydrogen-bond donors (Lipinski definition) is 2. The Morgan fingerprint density at radius 1 is 1.35 bits per heavy atom. The molecule has 7 heteroatoms. The van der Waals surface area contributed by atoms with Gasteiger partial charge < -0.3 is 15.3 Å². The van der Waals surface area contributed by atoms with E-state index in [1.807, 2.05) is 31.2 Å². The second-order valence-corrected chi connectivity index (χ2v) is 5.67. The first-order valence-corrected chi connectivity index (χ1v) is 7.36. The Bertz CT molecular complexity index is 782. The monoisotopic (exact) mass is 314 g/mol. The zero-order valence-corrected chi connectivity index (χ0v) is 13.0. The first-order valence-electron chi connectivity index (χ1n) is 7.36. The van der Waals surface area contributed by atoms with Gasteiger partial charge in [-0.3, -0.25) is 4.68 Å². The molecule has 0 bridgehead atoms. The maximum absolute atomic E-state index is 12.4. The number of carboxylic acid groups (broad SMARTS) is 1. The molecule has 0 radical (unpaired) electrons. The molecule has 1 aliphatic rings. The highest BCUT2D eigenvalue weighted by Gasteiger charge is 2.29. The predicted octanol–water partition coefficient (Wildman–Crippen LogP) is 2.02. The molecule has 0 atom stereocenters. The highest BCUT2D eigenvalue weighted by molar-refractivity contribution is 5.91. The van der Waals surface area contributed by atoms with E-state index in [4.69, 9.17) is 0 Å². The number of fused-ring (bicyclic) bond motifs is 1. The Balaban J connectivity index is 1.79. The van der Waals surface area contributed by atoms with Gasteiger partial charge >= 0.3 is 12.0 Å². The van der Waals surface area contributed by atoms with Crippen LogP contribution in [-0.2, 0) is 20.0 Å². The van der Waals surface area contributed by atoms with Crippen molar-refractivity contribution >= 4 is 17.7 Å². The van der Waals surface area contributed by atoms with Crippen molar-refractivity contribution in [3.05, 3.63) is 46.8 Å². The SMILES string of the molecule is Cc1cccc(NC(=O)N2CCc3c(c(C(=O)O)nn3C)C2)c1. The molecule has 1 aromatic heterocycles. The van der Waals surface area contributed by atoms with Crippen molar-refractivity contribution in [2.75, 3.05) is 11.9 Å². The average molecular weight is 314 g/mol. The van der Waals surface area contributed by atoms with Crippen molar-refractivity contribution in [3.8, 4) is 0 Å². The molecule has 2 heterocycles. The van der Waals surface area contributed by atoms with Gasteiger partial charge in [-0.2, -0.15) is 5.10 Å². The molecule has 7 nitrogen and oxygen atoms in total. The molecule has 0 aliphatic carbocycles. The van der Waals surface area contributed by atoms with E-state index >= 15 is 0 Å². The van der Waals surface area contributed by atoms with Crippen LogP contribution < -0.4 is 5.32 Å². The lowest BCUT2D eigenvalue weighted by atomic mass is 10.1. The Labute approximate surface area is 133 Å². The maximum Gasteiger partial charge on any atom is 0.356 e. The summed E-state index contributed by atoms with van der Waals surface area (Å²) in [6, 6.07) is 7.31. The number of aromatic carboxylic acids is 1. The number of carbonyl (C=O) groups is 2. The van der Waals surface area contributed by atoms with Gasteiger partial charge in [0.15, 0.2) is 5.69 Å². The number of urea groups is 1. The van der Waals surface area contributed by atoms with Crippen LogP contribution in [0.4, 0.5) is 10.5 Å². The fraction of sp³-hybridized carbons (Fsp3) is 0.312. The molecule has 2 amide bonds. The Morgan fingerprint density at radius 3 is 2.83 bits per heavy atom. The highest BCUT2D eigenvalue weighted by Crippen LogP contribution is 2.23. The minimum Gasteiger partial charge on any atom is -0.476 e. The standard InChI is InChI=1S/C16H18N4O3/c1-10-4-3-5-11(8-10)17-16(23)20-7-6-13-12(9-20)14(15(21)22)18-19(13)2/h3-5,8H,6-7,9H2,1-2H3,(H,17,23)(H,21,22). The molecule has 1 aromatic carbocycles. The molecular weight excluding hydrogens is 296 g/mol. The topological polar surface area (TPSA) is 87.5 Å². The van der Waals surface area contributed by atoms with Crippen LogP contribution in [0.1, 0.15) is 27.3 Å². The molecular formula is C16H18N4O3. The van der Waals surface area contributed by atoms with E-state index in [1.54, 1.807) is 16.6 Å². The van der Waals surface area contributed by atoms with Gasteiger partial charge in [-0.15, -0.1) is 0 Å².